The quantitative estimate of drug-likeness (QED) is 0.727. The van der Waals surface area contributed by atoms with Crippen LogP contribution in [-0.2, 0) is 4.79 Å². The molecule has 0 aromatic carbocycles. The van der Waals surface area contributed by atoms with E-state index in [-0.39, 0.29) is 22.8 Å². The van der Waals surface area contributed by atoms with Crippen molar-refractivity contribution in [3.63, 3.8) is 0 Å². The molecule has 1 atom stereocenters. The third kappa shape index (κ3) is 6.06. The van der Waals surface area contributed by atoms with E-state index >= 15 is 0 Å². The summed E-state index contributed by atoms with van der Waals surface area (Å²) in [6, 6.07) is -0.0713. The van der Waals surface area contributed by atoms with E-state index in [0.29, 0.717) is 0 Å². The van der Waals surface area contributed by atoms with Gasteiger partial charge in [0.25, 0.3) is 0 Å². The number of Topliss-reactive ketones (excluding diaryl/α,β-unsaturated/α-hetero) is 1. The van der Waals surface area contributed by atoms with Gasteiger partial charge in [0.1, 0.15) is 0 Å². The van der Waals surface area contributed by atoms with Gasteiger partial charge < -0.3 is 5.32 Å². The zero-order valence-electron chi connectivity index (χ0n) is 11.7. The molecule has 0 bridgehead atoms. The van der Waals surface area contributed by atoms with Gasteiger partial charge in [-0.1, -0.05) is 26.8 Å². The number of hydrogen-bond acceptors (Lipinski definition) is 2. The fourth-order valence-electron chi connectivity index (χ4n) is 1.60. The van der Waals surface area contributed by atoms with Crippen LogP contribution in [0.5, 0.6) is 0 Å². The first-order chi connectivity index (χ1) is 7.08. The molecule has 0 rings (SSSR count). The molecule has 0 saturated heterocycles. The van der Waals surface area contributed by atoms with E-state index in [1.807, 2.05) is 26.8 Å². The molecule has 0 aliphatic carbocycles. The summed E-state index contributed by atoms with van der Waals surface area (Å²) in [5.74, 6) is 0.282. The number of nitrogens with one attached hydrogen (secondary N) is 1. The highest BCUT2D eigenvalue weighted by Gasteiger charge is 2.31. The third-order valence-corrected chi connectivity index (χ3v) is 2.32. The topological polar surface area (TPSA) is 29.1 Å². The van der Waals surface area contributed by atoms with E-state index in [1.54, 1.807) is 0 Å². The van der Waals surface area contributed by atoms with Crippen LogP contribution in [0, 0.1) is 5.41 Å². The Morgan fingerprint density at radius 3 is 2.06 bits per heavy atom. The number of rotatable bonds is 5. The minimum atomic E-state index is -0.288. The lowest BCUT2D eigenvalue weighted by molar-refractivity contribution is -0.129. The lowest BCUT2D eigenvalue weighted by Gasteiger charge is -2.31. The van der Waals surface area contributed by atoms with E-state index in [1.165, 1.54) is 0 Å². The van der Waals surface area contributed by atoms with E-state index < -0.39 is 0 Å². The summed E-state index contributed by atoms with van der Waals surface area (Å²) in [4.78, 5) is 12.3. The number of allylic oxidation sites excluding steroid dienone is 1. The molecular weight excluding hydrogens is 198 g/mol. The van der Waals surface area contributed by atoms with Crippen molar-refractivity contribution in [2.45, 2.75) is 66.0 Å². The average Bonchev–Trinajstić information content (AvgIpc) is 2.07. The van der Waals surface area contributed by atoms with Gasteiger partial charge >= 0.3 is 0 Å². The van der Waals surface area contributed by atoms with E-state index in [4.69, 9.17) is 0 Å². The highest BCUT2D eigenvalue weighted by molar-refractivity contribution is 5.88. The summed E-state index contributed by atoms with van der Waals surface area (Å²) in [5, 5.41) is 3.40. The van der Waals surface area contributed by atoms with Gasteiger partial charge in [0.15, 0.2) is 5.78 Å². The Morgan fingerprint density at radius 2 is 1.75 bits per heavy atom. The van der Waals surface area contributed by atoms with Crippen LogP contribution in [0.1, 0.15) is 54.4 Å². The van der Waals surface area contributed by atoms with Crippen molar-refractivity contribution < 1.29 is 4.79 Å². The maximum absolute atomic E-state index is 12.3. The van der Waals surface area contributed by atoms with Crippen molar-refractivity contribution in [1.29, 1.82) is 0 Å². The molecule has 94 valence electrons. The van der Waals surface area contributed by atoms with Gasteiger partial charge in [0.05, 0.1) is 6.04 Å². The maximum Gasteiger partial charge on any atom is 0.155 e. The van der Waals surface area contributed by atoms with E-state index in [0.717, 1.165) is 12.8 Å². The Balaban J connectivity index is 4.67. The van der Waals surface area contributed by atoms with Crippen LogP contribution in [0.15, 0.2) is 12.7 Å². The summed E-state index contributed by atoms with van der Waals surface area (Å²) in [6.45, 7) is 15.9. The number of carbonyl (C=O) groups is 1. The van der Waals surface area contributed by atoms with Gasteiger partial charge in [-0.25, -0.2) is 0 Å². The van der Waals surface area contributed by atoms with Crippen molar-refractivity contribution in [3.05, 3.63) is 12.7 Å². The van der Waals surface area contributed by atoms with Crippen molar-refractivity contribution in [2.75, 3.05) is 0 Å². The molecule has 0 aromatic heterocycles. The molecule has 0 saturated carbocycles. The molecule has 0 spiro atoms. The Hall–Kier alpha value is -0.630. The third-order valence-electron chi connectivity index (χ3n) is 2.32. The Labute approximate surface area is 101 Å². The summed E-state index contributed by atoms with van der Waals surface area (Å²) < 4.78 is 0. The number of ketones is 1. The number of hydrogen-bond donors (Lipinski definition) is 1. The standard InChI is InChI=1S/C14H27NO/c1-8-9-10-11(15-14(5,6)7)12(16)13(2,3)4/h8,11,15H,1,9-10H2,2-7H3/t11-/m0/s1. The maximum atomic E-state index is 12.3. The first kappa shape index (κ1) is 15.4. The summed E-state index contributed by atoms with van der Waals surface area (Å²) in [7, 11) is 0. The Kier molecular flexibility index (Phi) is 5.40. The predicted octanol–water partition coefficient (Wildman–Crippen LogP) is 3.32. The van der Waals surface area contributed by atoms with Crippen LogP contribution in [-0.4, -0.2) is 17.4 Å². The van der Waals surface area contributed by atoms with Crippen LogP contribution in [0.4, 0.5) is 0 Å². The molecule has 0 aromatic rings. The molecule has 0 heterocycles. The summed E-state index contributed by atoms with van der Waals surface area (Å²) in [6.07, 6.45) is 3.57. The van der Waals surface area contributed by atoms with Gasteiger partial charge in [-0.2, -0.15) is 0 Å². The molecule has 0 fully saturated rings. The van der Waals surface area contributed by atoms with Gasteiger partial charge in [0.2, 0.25) is 0 Å². The molecule has 0 amide bonds. The molecule has 0 unspecified atom stereocenters. The second-order valence-corrected chi connectivity index (χ2v) is 6.43. The van der Waals surface area contributed by atoms with Crippen LogP contribution in [0.25, 0.3) is 0 Å². The van der Waals surface area contributed by atoms with Crippen LogP contribution in [0.2, 0.25) is 0 Å². The SMILES string of the molecule is C=CCC[C@H](NC(C)(C)C)C(=O)C(C)(C)C. The second kappa shape index (κ2) is 5.62. The fraction of sp³-hybridized carbons (Fsp3) is 0.786. The largest absolute Gasteiger partial charge is 0.303 e. The van der Waals surface area contributed by atoms with Gasteiger partial charge in [0, 0.05) is 11.0 Å². The van der Waals surface area contributed by atoms with E-state index in [2.05, 4.69) is 32.7 Å². The van der Waals surface area contributed by atoms with Gasteiger partial charge in [-0.3, -0.25) is 4.79 Å². The normalized spacial score (nSPS) is 14.6. The van der Waals surface area contributed by atoms with Gasteiger partial charge in [-0.05, 0) is 33.6 Å². The monoisotopic (exact) mass is 225 g/mol. The smallest absolute Gasteiger partial charge is 0.155 e. The van der Waals surface area contributed by atoms with Crippen LogP contribution in [0.3, 0.4) is 0 Å². The van der Waals surface area contributed by atoms with Crippen LogP contribution < -0.4 is 5.32 Å². The highest BCUT2D eigenvalue weighted by atomic mass is 16.1. The predicted molar refractivity (Wildman–Crippen MR) is 70.6 cm³/mol. The van der Waals surface area contributed by atoms with Crippen LogP contribution >= 0.6 is 0 Å². The molecule has 16 heavy (non-hydrogen) atoms. The lowest BCUT2D eigenvalue weighted by Crippen LogP contribution is -2.50. The van der Waals surface area contributed by atoms with Crippen molar-refractivity contribution >= 4 is 5.78 Å². The minimum Gasteiger partial charge on any atom is -0.303 e. The molecule has 2 nitrogen and oxygen atoms in total. The molecular formula is C14H27NO. The summed E-state index contributed by atoms with van der Waals surface area (Å²) >= 11 is 0. The number of carbonyl (C=O) groups excluding carboxylic acids is 1. The minimum absolute atomic E-state index is 0.0350. The fourth-order valence-corrected chi connectivity index (χ4v) is 1.60. The summed E-state index contributed by atoms with van der Waals surface area (Å²) in [5.41, 5.74) is -0.323. The molecule has 2 heteroatoms. The average molecular weight is 225 g/mol. The highest BCUT2D eigenvalue weighted by Crippen LogP contribution is 2.20. The van der Waals surface area contributed by atoms with Gasteiger partial charge in [-0.15, -0.1) is 6.58 Å². The first-order valence-electron chi connectivity index (χ1n) is 6.01. The molecule has 1 N–H and O–H groups in total. The first-order valence-corrected chi connectivity index (χ1v) is 6.01. The Bertz CT molecular complexity index is 242. The van der Waals surface area contributed by atoms with E-state index in [9.17, 15) is 4.79 Å². The zero-order chi connectivity index (χ0) is 13.0. The lowest BCUT2D eigenvalue weighted by atomic mass is 9.84. The zero-order valence-corrected chi connectivity index (χ0v) is 11.7. The van der Waals surface area contributed by atoms with Crippen molar-refractivity contribution in [2.24, 2.45) is 5.41 Å². The van der Waals surface area contributed by atoms with Crippen molar-refractivity contribution in [1.82, 2.24) is 5.32 Å². The van der Waals surface area contributed by atoms with Crippen molar-refractivity contribution in [3.8, 4) is 0 Å². The molecule has 0 radical (unpaired) electrons. The second-order valence-electron chi connectivity index (χ2n) is 6.43. The molecule has 0 aliphatic heterocycles. The Morgan fingerprint density at radius 1 is 1.25 bits per heavy atom. The molecule has 0 aliphatic rings.